The molecule has 256 valence electrons. The van der Waals surface area contributed by atoms with Crippen LogP contribution in [0.4, 0.5) is 31.5 Å². The summed E-state index contributed by atoms with van der Waals surface area (Å²) in [5, 5.41) is 17.6. The van der Waals surface area contributed by atoms with Gasteiger partial charge in [-0.05, 0) is 45.1 Å². The molecule has 3 heterocycles. The molecule has 2 N–H and O–H groups in total. The SMILES string of the molecule is CC(C)(C)OC(=O)N1CCC(O)(C(F)(F)F)CC1c1cnn2cc([C@@H](NC(=O)OCc3ccccc3)C3CCC(F)(F)CC3)nc2n1. The fourth-order valence-electron chi connectivity index (χ4n) is 5.89. The summed E-state index contributed by atoms with van der Waals surface area (Å²) < 4.78 is 81.8. The Morgan fingerprint density at radius 1 is 1.09 bits per heavy atom. The second-order valence-corrected chi connectivity index (χ2v) is 13.1. The van der Waals surface area contributed by atoms with Gasteiger partial charge in [0.25, 0.3) is 5.78 Å². The molecule has 1 saturated heterocycles. The highest BCUT2D eigenvalue weighted by atomic mass is 19.4. The van der Waals surface area contributed by atoms with E-state index >= 15 is 0 Å². The predicted molar refractivity (Wildman–Crippen MR) is 156 cm³/mol. The molecule has 2 aliphatic rings. The highest BCUT2D eigenvalue weighted by molar-refractivity contribution is 5.69. The number of piperidine rings is 1. The van der Waals surface area contributed by atoms with E-state index in [1.807, 2.05) is 6.07 Å². The van der Waals surface area contributed by atoms with Crippen molar-refractivity contribution in [3.8, 4) is 0 Å². The lowest BCUT2D eigenvalue weighted by Crippen LogP contribution is -2.56. The summed E-state index contributed by atoms with van der Waals surface area (Å²) in [6.07, 6.45) is -6.32. The van der Waals surface area contributed by atoms with Crippen LogP contribution in [-0.2, 0) is 16.1 Å². The molecule has 11 nitrogen and oxygen atoms in total. The zero-order valence-electron chi connectivity index (χ0n) is 26.1. The van der Waals surface area contributed by atoms with Crippen LogP contribution >= 0.6 is 0 Å². The maximum atomic E-state index is 14.0. The minimum absolute atomic E-state index is 0.0282. The number of amides is 2. The summed E-state index contributed by atoms with van der Waals surface area (Å²) in [6.45, 7) is 4.35. The average Bonchev–Trinajstić information content (AvgIpc) is 3.41. The maximum Gasteiger partial charge on any atom is 0.417 e. The molecule has 2 fully saturated rings. The molecule has 2 amide bonds. The van der Waals surface area contributed by atoms with E-state index in [2.05, 4.69) is 20.4 Å². The molecule has 1 aliphatic heterocycles. The van der Waals surface area contributed by atoms with Crippen LogP contribution in [0.5, 0.6) is 0 Å². The molecule has 47 heavy (non-hydrogen) atoms. The van der Waals surface area contributed by atoms with Crippen molar-refractivity contribution in [2.24, 2.45) is 5.92 Å². The lowest BCUT2D eigenvalue weighted by atomic mass is 9.81. The summed E-state index contributed by atoms with van der Waals surface area (Å²) in [7, 11) is 0. The standard InChI is InChI=1S/C31H37F5N6O5/c1-28(2,3)47-27(44)41-14-13-29(45,31(34,35)36)15-23(41)21-16-37-42-17-22(39-25(42)38-21)24(20-9-11-30(32,33)12-10-20)40-26(43)46-18-19-7-5-4-6-8-19/h4-8,16-17,20,23-24,45H,9-15,18H2,1-3H3,(H,40,43)/t23?,24-,29?/m0/s1. The van der Waals surface area contributed by atoms with Gasteiger partial charge in [0, 0.05) is 32.2 Å². The first-order valence-electron chi connectivity index (χ1n) is 15.3. The fourth-order valence-corrected chi connectivity index (χ4v) is 5.89. The monoisotopic (exact) mass is 668 g/mol. The summed E-state index contributed by atoms with van der Waals surface area (Å²) in [5.41, 5.74) is -3.14. The number of alkyl carbamates (subject to hydrolysis) is 1. The van der Waals surface area contributed by atoms with E-state index in [4.69, 9.17) is 9.47 Å². The van der Waals surface area contributed by atoms with Crippen LogP contribution in [0.1, 0.15) is 88.3 Å². The minimum atomic E-state index is -4.98. The summed E-state index contributed by atoms with van der Waals surface area (Å²) >= 11 is 0. The number of alkyl halides is 5. The van der Waals surface area contributed by atoms with E-state index in [9.17, 15) is 36.6 Å². The van der Waals surface area contributed by atoms with Crippen LogP contribution in [0.25, 0.3) is 5.78 Å². The molecule has 3 atom stereocenters. The molecular weight excluding hydrogens is 631 g/mol. The molecule has 5 rings (SSSR count). The molecule has 16 heteroatoms. The number of imidazole rings is 1. The first-order chi connectivity index (χ1) is 21.9. The molecular formula is C31H37F5N6O5. The van der Waals surface area contributed by atoms with Gasteiger partial charge in [-0.3, -0.25) is 4.90 Å². The zero-order valence-corrected chi connectivity index (χ0v) is 26.1. The second kappa shape index (κ2) is 12.8. The third-order valence-corrected chi connectivity index (χ3v) is 8.44. The first kappa shape index (κ1) is 34.3. The van der Waals surface area contributed by atoms with Crippen molar-refractivity contribution >= 4 is 18.0 Å². The number of nitrogens with one attached hydrogen (secondary N) is 1. The molecule has 3 aromatic rings. The first-order valence-corrected chi connectivity index (χ1v) is 15.3. The third kappa shape index (κ3) is 8.08. The van der Waals surface area contributed by atoms with Crippen LogP contribution in [0.3, 0.4) is 0 Å². The predicted octanol–water partition coefficient (Wildman–Crippen LogP) is 6.28. The van der Waals surface area contributed by atoms with Gasteiger partial charge in [-0.15, -0.1) is 0 Å². The van der Waals surface area contributed by atoms with Crippen molar-refractivity contribution in [3.63, 3.8) is 0 Å². The van der Waals surface area contributed by atoms with Gasteiger partial charge in [-0.25, -0.2) is 32.9 Å². The Hall–Kier alpha value is -4.08. The van der Waals surface area contributed by atoms with Crippen molar-refractivity contribution < 1.29 is 46.1 Å². The van der Waals surface area contributed by atoms with Gasteiger partial charge < -0.3 is 19.9 Å². The van der Waals surface area contributed by atoms with Crippen molar-refractivity contribution in [2.75, 3.05) is 6.54 Å². The maximum absolute atomic E-state index is 14.0. The quantitative estimate of drug-likeness (QED) is 0.294. The second-order valence-electron chi connectivity index (χ2n) is 13.1. The molecule has 0 radical (unpaired) electrons. The van der Waals surface area contributed by atoms with Gasteiger partial charge in [0.1, 0.15) is 12.2 Å². The van der Waals surface area contributed by atoms with Gasteiger partial charge in [-0.2, -0.15) is 18.3 Å². The van der Waals surface area contributed by atoms with E-state index in [-0.39, 0.29) is 49.5 Å². The lowest BCUT2D eigenvalue weighted by molar-refractivity contribution is -0.277. The van der Waals surface area contributed by atoms with Crippen molar-refractivity contribution in [2.45, 2.75) is 101 Å². The topological polar surface area (TPSA) is 131 Å². The Labute approximate surface area is 267 Å². The van der Waals surface area contributed by atoms with E-state index in [0.717, 1.165) is 10.5 Å². The van der Waals surface area contributed by atoms with Gasteiger partial charge in [-0.1, -0.05) is 30.3 Å². The number of halogens is 5. The number of likely N-dealkylation sites (tertiary alicyclic amines) is 1. The number of rotatable bonds is 6. The highest BCUT2D eigenvalue weighted by Gasteiger charge is 2.58. The largest absolute Gasteiger partial charge is 0.445 e. The molecule has 2 unspecified atom stereocenters. The van der Waals surface area contributed by atoms with E-state index < -0.39 is 72.9 Å². The molecule has 1 aliphatic carbocycles. The van der Waals surface area contributed by atoms with Crippen molar-refractivity contribution in [1.29, 1.82) is 0 Å². The van der Waals surface area contributed by atoms with Crippen LogP contribution in [-0.4, -0.2) is 71.6 Å². The normalized spacial score (nSPS) is 22.9. The van der Waals surface area contributed by atoms with Crippen LogP contribution < -0.4 is 5.32 Å². The number of ether oxygens (including phenoxy) is 2. The summed E-state index contributed by atoms with van der Waals surface area (Å²) in [6, 6.07) is 6.70. The molecule has 0 spiro atoms. The van der Waals surface area contributed by atoms with E-state index in [1.54, 1.807) is 45.0 Å². The molecule has 2 aromatic heterocycles. The number of benzene rings is 1. The molecule has 1 saturated carbocycles. The number of hydrogen-bond acceptors (Lipinski definition) is 8. The Bertz CT molecular complexity index is 1570. The Balaban J connectivity index is 1.44. The van der Waals surface area contributed by atoms with E-state index in [0.29, 0.717) is 0 Å². The van der Waals surface area contributed by atoms with Crippen LogP contribution in [0.15, 0.2) is 42.7 Å². The van der Waals surface area contributed by atoms with Crippen LogP contribution in [0, 0.1) is 5.92 Å². The molecule has 1 aromatic carbocycles. The lowest BCUT2D eigenvalue weighted by Gasteiger charge is -2.44. The number of hydrogen-bond donors (Lipinski definition) is 2. The minimum Gasteiger partial charge on any atom is -0.445 e. The van der Waals surface area contributed by atoms with Crippen LogP contribution in [0.2, 0.25) is 0 Å². The zero-order chi connectivity index (χ0) is 34.2. The number of nitrogens with zero attached hydrogens (tertiary/aromatic N) is 5. The number of carbonyl (C=O) groups excluding carboxylic acids is 2. The molecule has 0 bridgehead atoms. The smallest absolute Gasteiger partial charge is 0.417 e. The number of fused-ring (bicyclic) bond motifs is 1. The summed E-state index contributed by atoms with van der Waals surface area (Å²) in [5.74, 6) is -3.34. The van der Waals surface area contributed by atoms with Gasteiger partial charge in [0.05, 0.1) is 35.9 Å². The van der Waals surface area contributed by atoms with Gasteiger partial charge >= 0.3 is 18.4 Å². The van der Waals surface area contributed by atoms with Crippen molar-refractivity contribution in [1.82, 2.24) is 29.8 Å². The number of carbonyl (C=O) groups is 2. The van der Waals surface area contributed by atoms with E-state index in [1.165, 1.54) is 16.9 Å². The van der Waals surface area contributed by atoms with Gasteiger partial charge in [0.2, 0.25) is 5.92 Å². The third-order valence-electron chi connectivity index (χ3n) is 8.44. The summed E-state index contributed by atoms with van der Waals surface area (Å²) in [4.78, 5) is 35.9. The fraction of sp³-hybridized carbons (Fsp3) is 0.581. The number of aliphatic hydroxyl groups is 1. The van der Waals surface area contributed by atoms with Crippen molar-refractivity contribution in [3.05, 3.63) is 59.7 Å². The number of aromatic nitrogens is 4. The average molecular weight is 669 g/mol. The Morgan fingerprint density at radius 2 is 1.77 bits per heavy atom. The van der Waals surface area contributed by atoms with Gasteiger partial charge in [0.15, 0.2) is 5.60 Å². The Morgan fingerprint density at radius 3 is 2.40 bits per heavy atom. The highest BCUT2D eigenvalue weighted by Crippen LogP contribution is 2.45. The Kier molecular flexibility index (Phi) is 9.36.